The zero-order valence-electron chi connectivity index (χ0n) is 9.49. The Morgan fingerprint density at radius 1 is 1.69 bits per heavy atom. The number of amides is 1. The van der Waals surface area contributed by atoms with Crippen LogP contribution in [0.25, 0.3) is 0 Å². The summed E-state index contributed by atoms with van der Waals surface area (Å²) in [5, 5.41) is 9.38. The second kappa shape index (κ2) is 4.55. The summed E-state index contributed by atoms with van der Waals surface area (Å²) >= 11 is 0. The number of nitrogen functional groups attached to an aromatic ring is 1. The van der Waals surface area contributed by atoms with Crippen LogP contribution >= 0.6 is 0 Å². The number of rotatable bonds is 3. The molecule has 5 nitrogen and oxygen atoms in total. The molecule has 5 heteroatoms. The number of hydrogen-bond acceptors (Lipinski definition) is 3. The molecule has 2 rings (SSSR count). The minimum Gasteiger partial charge on any atom is -0.384 e. The first-order valence-corrected chi connectivity index (χ1v) is 5.74. The average molecular weight is 222 g/mol. The summed E-state index contributed by atoms with van der Waals surface area (Å²) in [6.07, 6.45) is 4.97. The molecule has 0 radical (unpaired) electrons. The topological polar surface area (TPSA) is 83.8 Å². The van der Waals surface area contributed by atoms with E-state index in [1.165, 1.54) is 0 Å². The first-order chi connectivity index (χ1) is 7.68. The van der Waals surface area contributed by atoms with Gasteiger partial charge >= 0.3 is 0 Å². The second-order valence-electron chi connectivity index (χ2n) is 4.54. The Bertz CT molecular complexity index is 374. The van der Waals surface area contributed by atoms with Gasteiger partial charge in [0.1, 0.15) is 5.82 Å². The van der Waals surface area contributed by atoms with Gasteiger partial charge in [-0.05, 0) is 18.8 Å². The molecule has 1 aliphatic rings. The second-order valence-corrected chi connectivity index (χ2v) is 4.54. The monoisotopic (exact) mass is 222 g/mol. The lowest BCUT2D eigenvalue weighted by Crippen LogP contribution is -2.31. The molecule has 1 aliphatic carbocycles. The summed E-state index contributed by atoms with van der Waals surface area (Å²) in [4.78, 5) is 11.9. The van der Waals surface area contributed by atoms with Crippen LogP contribution in [0.5, 0.6) is 0 Å². The number of nitrogens with one attached hydrogen (secondary N) is 2. The molecule has 2 atom stereocenters. The van der Waals surface area contributed by atoms with E-state index < -0.39 is 0 Å². The molecule has 0 saturated heterocycles. The molecule has 1 aromatic heterocycles. The average Bonchev–Trinajstić information content (AvgIpc) is 2.84. The van der Waals surface area contributed by atoms with E-state index in [1.54, 1.807) is 6.20 Å². The molecule has 1 amide bonds. The molecule has 0 spiro atoms. The SMILES string of the molecule is CC1CCCC1C(=O)NCc1cn[nH]c1N. The zero-order valence-corrected chi connectivity index (χ0v) is 9.49. The smallest absolute Gasteiger partial charge is 0.223 e. The van der Waals surface area contributed by atoms with E-state index in [0.717, 1.165) is 24.8 Å². The summed E-state index contributed by atoms with van der Waals surface area (Å²) in [6.45, 7) is 2.61. The van der Waals surface area contributed by atoms with Crippen molar-refractivity contribution in [3.8, 4) is 0 Å². The highest BCUT2D eigenvalue weighted by Crippen LogP contribution is 2.31. The zero-order chi connectivity index (χ0) is 11.5. The number of anilines is 1. The van der Waals surface area contributed by atoms with E-state index in [9.17, 15) is 4.79 Å². The fraction of sp³-hybridized carbons (Fsp3) is 0.636. The van der Waals surface area contributed by atoms with Gasteiger partial charge in [-0.25, -0.2) is 0 Å². The van der Waals surface area contributed by atoms with E-state index in [-0.39, 0.29) is 11.8 Å². The largest absolute Gasteiger partial charge is 0.384 e. The maximum atomic E-state index is 11.9. The number of aromatic amines is 1. The minimum absolute atomic E-state index is 0.144. The number of carbonyl (C=O) groups excluding carboxylic acids is 1. The van der Waals surface area contributed by atoms with Gasteiger partial charge in [0.15, 0.2) is 0 Å². The van der Waals surface area contributed by atoms with Gasteiger partial charge in [0.2, 0.25) is 5.91 Å². The van der Waals surface area contributed by atoms with Crippen molar-refractivity contribution in [2.24, 2.45) is 11.8 Å². The van der Waals surface area contributed by atoms with Gasteiger partial charge in [0, 0.05) is 18.0 Å². The standard InChI is InChI=1S/C11H18N4O/c1-7-3-2-4-9(7)11(16)13-5-8-6-14-15-10(8)12/h6-7,9H,2-5H2,1H3,(H,13,16)(H3,12,14,15). The van der Waals surface area contributed by atoms with Crippen LogP contribution in [0.3, 0.4) is 0 Å². The van der Waals surface area contributed by atoms with Crippen LogP contribution in [-0.2, 0) is 11.3 Å². The van der Waals surface area contributed by atoms with Crippen molar-refractivity contribution < 1.29 is 4.79 Å². The van der Waals surface area contributed by atoms with Crippen LogP contribution in [0.2, 0.25) is 0 Å². The number of hydrogen-bond donors (Lipinski definition) is 3. The van der Waals surface area contributed by atoms with Crippen LogP contribution in [0.4, 0.5) is 5.82 Å². The fourth-order valence-electron chi connectivity index (χ4n) is 2.31. The predicted octanol–water partition coefficient (Wildman–Crippen LogP) is 1.04. The Morgan fingerprint density at radius 2 is 2.50 bits per heavy atom. The van der Waals surface area contributed by atoms with Gasteiger partial charge in [0.25, 0.3) is 0 Å². The number of aromatic nitrogens is 2. The molecule has 0 aliphatic heterocycles. The highest BCUT2D eigenvalue weighted by molar-refractivity contribution is 5.79. The summed E-state index contributed by atoms with van der Waals surface area (Å²) in [5.74, 6) is 1.35. The van der Waals surface area contributed by atoms with Crippen molar-refractivity contribution in [1.82, 2.24) is 15.5 Å². The van der Waals surface area contributed by atoms with E-state index in [0.29, 0.717) is 18.3 Å². The van der Waals surface area contributed by atoms with Crippen molar-refractivity contribution >= 4 is 11.7 Å². The summed E-state index contributed by atoms with van der Waals surface area (Å²) in [5.41, 5.74) is 6.48. The minimum atomic E-state index is 0.144. The molecule has 0 aromatic carbocycles. The lowest BCUT2D eigenvalue weighted by Gasteiger charge is -2.14. The van der Waals surface area contributed by atoms with Gasteiger partial charge in [-0.1, -0.05) is 13.3 Å². The van der Waals surface area contributed by atoms with Crippen LogP contribution in [0.15, 0.2) is 6.20 Å². The van der Waals surface area contributed by atoms with Gasteiger partial charge < -0.3 is 11.1 Å². The van der Waals surface area contributed by atoms with Crippen molar-refractivity contribution in [2.45, 2.75) is 32.7 Å². The quantitative estimate of drug-likeness (QED) is 0.714. The third-order valence-corrected chi connectivity index (χ3v) is 3.40. The normalized spacial score (nSPS) is 24.6. The molecule has 88 valence electrons. The third-order valence-electron chi connectivity index (χ3n) is 3.40. The van der Waals surface area contributed by atoms with Crippen molar-refractivity contribution in [2.75, 3.05) is 5.73 Å². The summed E-state index contributed by atoms with van der Waals surface area (Å²) in [6, 6.07) is 0. The maximum Gasteiger partial charge on any atom is 0.223 e. The number of nitrogens with two attached hydrogens (primary N) is 1. The van der Waals surface area contributed by atoms with Gasteiger partial charge in [0.05, 0.1) is 6.20 Å². The summed E-state index contributed by atoms with van der Waals surface area (Å²) in [7, 11) is 0. The molecule has 1 saturated carbocycles. The van der Waals surface area contributed by atoms with Crippen LogP contribution in [-0.4, -0.2) is 16.1 Å². The van der Waals surface area contributed by atoms with Gasteiger partial charge in [-0.3, -0.25) is 9.89 Å². The molecule has 1 fully saturated rings. The molecule has 2 unspecified atom stereocenters. The maximum absolute atomic E-state index is 11.9. The Hall–Kier alpha value is -1.52. The number of nitrogens with zero attached hydrogens (tertiary/aromatic N) is 1. The highest BCUT2D eigenvalue weighted by Gasteiger charge is 2.29. The Morgan fingerprint density at radius 3 is 3.06 bits per heavy atom. The lowest BCUT2D eigenvalue weighted by atomic mass is 9.97. The summed E-state index contributed by atoms with van der Waals surface area (Å²) < 4.78 is 0. The number of H-pyrrole nitrogens is 1. The van der Waals surface area contributed by atoms with E-state index in [1.807, 2.05) is 0 Å². The molecule has 0 bridgehead atoms. The van der Waals surface area contributed by atoms with Crippen molar-refractivity contribution in [3.05, 3.63) is 11.8 Å². The molecule has 4 N–H and O–H groups in total. The molecular weight excluding hydrogens is 204 g/mol. The first kappa shape index (κ1) is 11.0. The van der Waals surface area contributed by atoms with Crippen LogP contribution in [0.1, 0.15) is 31.7 Å². The Kier molecular flexibility index (Phi) is 3.12. The Labute approximate surface area is 94.8 Å². The van der Waals surface area contributed by atoms with Crippen LogP contribution in [0, 0.1) is 11.8 Å². The van der Waals surface area contributed by atoms with E-state index in [2.05, 4.69) is 22.4 Å². The van der Waals surface area contributed by atoms with Crippen LogP contribution < -0.4 is 11.1 Å². The molecule has 1 aromatic rings. The van der Waals surface area contributed by atoms with Crippen molar-refractivity contribution in [1.29, 1.82) is 0 Å². The first-order valence-electron chi connectivity index (χ1n) is 5.74. The molecular formula is C11H18N4O. The van der Waals surface area contributed by atoms with Gasteiger partial charge in [-0.15, -0.1) is 0 Å². The fourth-order valence-corrected chi connectivity index (χ4v) is 2.31. The molecule has 16 heavy (non-hydrogen) atoms. The number of carbonyl (C=O) groups is 1. The predicted molar refractivity (Wildman–Crippen MR) is 61.4 cm³/mol. The van der Waals surface area contributed by atoms with Crippen molar-refractivity contribution in [3.63, 3.8) is 0 Å². The lowest BCUT2D eigenvalue weighted by molar-refractivity contribution is -0.126. The van der Waals surface area contributed by atoms with E-state index in [4.69, 9.17) is 5.73 Å². The van der Waals surface area contributed by atoms with E-state index >= 15 is 0 Å². The highest BCUT2D eigenvalue weighted by atomic mass is 16.1. The third kappa shape index (κ3) is 2.18. The molecule has 1 heterocycles. The van der Waals surface area contributed by atoms with Gasteiger partial charge in [-0.2, -0.15) is 5.10 Å². The Balaban J connectivity index is 1.86.